The number of Topliss-reactive ketones (excluding diaryl/α,β-unsaturated/α-hetero) is 1. The Kier molecular flexibility index (Phi) is 23.7. The maximum Gasteiger partial charge on any atom is 0.415 e. The van der Waals surface area contributed by atoms with Crippen molar-refractivity contribution in [2.75, 3.05) is 87.9 Å². The number of primary amides is 1. The number of nitrogens with one attached hydrogen (secondary N) is 5. The van der Waals surface area contributed by atoms with Crippen LogP contribution in [0.2, 0.25) is 0 Å². The number of fused-ring (bicyclic) bond motifs is 5. The van der Waals surface area contributed by atoms with Gasteiger partial charge >= 0.3 is 12.2 Å². The van der Waals surface area contributed by atoms with E-state index in [-0.39, 0.29) is 117 Å². The number of imide groups is 1. The number of benzene rings is 4. The summed E-state index contributed by atoms with van der Waals surface area (Å²) >= 11 is 8.07. The molecule has 26 heteroatoms. The zero-order valence-corrected chi connectivity index (χ0v) is 57.4. The van der Waals surface area contributed by atoms with Gasteiger partial charge in [-0.2, -0.15) is 0 Å². The number of ketones is 1. The number of aryl methyl sites for hydroxylation is 1. The molecule has 518 valence electrons. The second-order valence-corrected chi connectivity index (χ2v) is 26.9. The van der Waals surface area contributed by atoms with Crippen LogP contribution in [0.1, 0.15) is 128 Å². The number of likely N-dealkylation sites (tertiary alicyclic amines) is 1. The first kappa shape index (κ1) is 71.2. The van der Waals surface area contributed by atoms with Crippen LogP contribution in [0.25, 0.3) is 31.9 Å². The predicted molar refractivity (Wildman–Crippen MR) is 376 cm³/mol. The topological polar surface area (TPSA) is 308 Å². The van der Waals surface area contributed by atoms with Crippen LogP contribution in [0.15, 0.2) is 96.4 Å². The zero-order valence-electron chi connectivity index (χ0n) is 55.8. The zero-order chi connectivity index (χ0) is 69.7. The number of alkyl halides is 1. The molecular formula is C72H84ClN11O13S. The van der Waals surface area contributed by atoms with Crippen LogP contribution < -0.4 is 36.1 Å². The van der Waals surface area contributed by atoms with Crippen molar-refractivity contribution in [1.29, 1.82) is 0 Å². The van der Waals surface area contributed by atoms with Crippen LogP contribution in [0, 0.1) is 18.8 Å². The van der Waals surface area contributed by atoms with E-state index < -0.39 is 36.0 Å². The average molecular weight is 1380 g/mol. The second kappa shape index (κ2) is 32.6. The molecule has 9 amide bonds. The van der Waals surface area contributed by atoms with Gasteiger partial charge in [-0.15, -0.1) is 22.9 Å². The van der Waals surface area contributed by atoms with Gasteiger partial charge in [0.15, 0.2) is 11.5 Å². The first-order valence-electron chi connectivity index (χ1n) is 33.3. The number of halogens is 1. The first-order chi connectivity index (χ1) is 47.1. The standard InChI is InChI=1S/C72H84ClN11O13S/c1-43(2)66(79-61(87)15-7-6-10-28-83-62(88)24-25-63(83)89)58(85)37-46(13-8-9-14-60(74)86)68(90)75-50-18-16-45(17-19-50)41-96-71(93)80(4)29-30-81(5)72(94)97-59-38-57-65(64-44(3)42-98-67(59)64)49(39-73)40-84(57)70(92)56-36-47-33-51(20-22-53(47)78-56)76-69(91)55-35-48-34-52(21-23-54(48)77-55)95-32-31-82-26-11-12-27-82/h16-25,33-36,38,42-43,46,49,66,77-78H,6-15,26-32,37,39-41H2,1-5H3,(H2,74,86)(H,75,90)(H,76,91)(H,79,87)/t46-,49-,66+/m1/s1. The van der Waals surface area contributed by atoms with Crippen LogP contribution in [0.5, 0.6) is 11.5 Å². The number of nitrogens with zero attached hydrogens (tertiary/aromatic N) is 5. The SMILES string of the molecule is Cc1csc2c(OC(=O)N(C)CCN(C)C(=O)OCc3ccc(NC(=O)[C@H](CCCCC(N)=O)CC(=O)[C@@H](NC(=O)CCCCCN4C(=O)C=CC4=O)C(C)C)cc3)cc3c(c12)[C@H](CCl)CN3C(=O)c1cc2cc(NC(=O)c3cc4cc(OCCN5CCCC5)ccc4[nH]3)ccc2[nH]1. The highest BCUT2D eigenvalue weighted by Crippen LogP contribution is 2.49. The summed E-state index contributed by atoms with van der Waals surface area (Å²) in [5, 5.41) is 13.1. The summed E-state index contributed by atoms with van der Waals surface area (Å²) in [4.78, 5) is 146. The Morgan fingerprint density at radius 2 is 1.44 bits per heavy atom. The van der Waals surface area contributed by atoms with Crippen molar-refractivity contribution in [2.45, 2.75) is 110 Å². The largest absolute Gasteiger partial charge is 0.492 e. The summed E-state index contributed by atoms with van der Waals surface area (Å²) in [5.41, 5.74) is 11.5. The number of carbonyl (C=O) groups is 10. The number of aromatic nitrogens is 2. The molecule has 1 fully saturated rings. The smallest absolute Gasteiger partial charge is 0.415 e. The molecule has 6 heterocycles. The molecule has 7 N–H and O–H groups in total. The van der Waals surface area contributed by atoms with Gasteiger partial charge in [-0.05, 0) is 147 Å². The number of nitrogens with two attached hydrogens (primary N) is 1. The normalized spacial score (nSPS) is 15.1. The molecule has 0 saturated carbocycles. The Morgan fingerprint density at radius 1 is 0.765 bits per heavy atom. The van der Waals surface area contributed by atoms with Gasteiger partial charge in [-0.3, -0.25) is 48.2 Å². The van der Waals surface area contributed by atoms with E-state index in [2.05, 4.69) is 30.8 Å². The lowest BCUT2D eigenvalue weighted by atomic mass is 9.88. The number of amides is 9. The number of hydrogen-bond acceptors (Lipinski definition) is 15. The first-order valence-corrected chi connectivity index (χ1v) is 34.7. The van der Waals surface area contributed by atoms with Gasteiger partial charge in [0, 0.05) is 141 Å². The molecule has 3 aliphatic rings. The fourth-order valence-corrected chi connectivity index (χ4v) is 13.8. The minimum atomic E-state index is -0.860. The molecule has 98 heavy (non-hydrogen) atoms. The fourth-order valence-electron chi connectivity index (χ4n) is 12.6. The van der Waals surface area contributed by atoms with Gasteiger partial charge in [0.2, 0.25) is 17.7 Å². The van der Waals surface area contributed by atoms with Gasteiger partial charge in [-0.25, -0.2) is 9.59 Å². The Morgan fingerprint density at radius 3 is 2.15 bits per heavy atom. The Bertz CT molecular complexity index is 4160. The molecule has 4 aromatic carbocycles. The van der Waals surface area contributed by atoms with Crippen LogP contribution in [0.3, 0.4) is 0 Å². The van der Waals surface area contributed by atoms with Crippen molar-refractivity contribution in [2.24, 2.45) is 17.6 Å². The summed E-state index contributed by atoms with van der Waals surface area (Å²) in [7, 11) is 3.09. The molecule has 3 aliphatic heterocycles. The molecule has 7 aromatic rings. The van der Waals surface area contributed by atoms with Crippen LogP contribution >= 0.6 is 22.9 Å². The van der Waals surface area contributed by atoms with E-state index in [4.69, 9.17) is 31.5 Å². The summed E-state index contributed by atoms with van der Waals surface area (Å²) < 4.78 is 18.5. The van der Waals surface area contributed by atoms with Gasteiger partial charge < -0.3 is 60.6 Å². The van der Waals surface area contributed by atoms with E-state index >= 15 is 0 Å². The molecule has 0 aliphatic carbocycles. The molecule has 3 aromatic heterocycles. The number of rotatable bonds is 32. The van der Waals surface area contributed by atoms with E-state index in [9.17, 15) is 47.9 Å². The number of carbonyl (C=O) groups excluding carboxylic acids is 10. The van der Waals surface area contributed by atoms with Gasteiger partial charge in [0.25, 0.3) is 23.6 Å². The molecule has 1 saturated heterocycles. The highest BCUT2D eigenvalue weighted by atomic mass is 35.5. The predicted octanol–water partition coefficient (Wildman–Crippen LogP) is 10.8. The van der Waals surface area contributed by atoms with Crippen molar-refractivity contribution in [3.63, 3.8) is 0 Å². The highest BCUT2D eigenvalue weighted by molar-refractivity contribution is 7.17. The summed E-state index contributed by atoms with van der Waals surface area (Å²) in [6.07, 6.45) is 6.37. The molecule has 3 atom stereocenters. The van der Waals surface area contributed by atoms with E-state index in [1.54, 1.807) is 86.5 Å². The summed E-state index contributed by atoms with van der Waals surface area (Å²) in [5.74, 6) is -3.00. The van der Waals surface area contributed by atoms with Crippen molar-refractivity contribution in [1.82, 2.24) is 34.9 Å². The minimum Gasteiger partial charge on any atom is -0.492 e. The Labute approximate surface area is 576 Å². The van der Waals surface area contributed by atoms with Gasteiger partial charge in [-0.1, -0.05) is 38.8 Å². The van der Waals surface area contributed by atoms with Crippen LogP contribution in [0.4, 0.5) is 26.7 Å². The van der Waals surface area contributed by atoms with Gasteiger partial charge in [0.1, 0.15) is 30.4 Å². The molecule has 0 bridgehead atoms. The van der Waals surface area contributed by atoms with Crippen molar-refractivity contribution >= 4 is 131 Å². The lowest BCUT2D eigenvalue weighted by Crippen LogP contribution is -2.45. The summed E-state index contributed by atoms with van der Waals surface area (Å²) in [6.45, 7) is 9.81. The van der Waals surface area contributed by atoms with Crippen molar-refractivity contribution in [3.8, 4) is 11.5 Å². The van der Waals surface area contributed by atoms with E-state index in [1.165, 1.54) is 53.2 Å². The van der Waals surface area contributed by atoms with Gasteiger partial charge in [0.05, 0.1) is 16.4 Å². The third-order valence-corrected chi connectivity index (χ3v) is 19.6. The third-order valence-electron chi connectivity index (χ3n) is 18.1. The maximum absolute atomic E-state index is 14.7. The third kappa shape index (κ3) is 17.8. The highest BCUT2D eigenvalue weighted by Gasteiger charge is 2.38. The maximum atomic E-state index is 14.7. The van der Waals surface area contributed by atoms with Crippen LogP contribution in [-0.2, 0) is 40.1 Å². The quantitative estimate of drug-likeness (QED) is 0.0130. The monoisotopic (exact) mass is 1380 g/mol. The number of anilines is 3. The Balaban J connectivity index is 0.700. The van der Waals surface area contributed by atoms with E-state index in [1.807, 2.05) is 30.5 Å². The average Bonchev–Trinajstić information content (AvgIpc) is 1.57. The molecule has 0 unspecified atom stereocenters. The molecule has 24 nitrogen and oxygen atoms in total. The molecule has 0 spiro atoms. The lowest BCUT2D eigenvalue weighted by Gasteiger charge is -2.24. The lowest BCUT2D eigenvalue weighted by molar-refractivity contribution is -0.137. The molecule has 0 radical (unpaired) electrons. The Hall–Kier alpha value is -9.59. The summed E-state index contributed by atoms with van der Waals surface area (Å²) in [6, 6.07) is 22.1. The second-order valence-electron chi connectivity index (χ2n) is 25.8. The number of aromatic amines is 2. The molecule has 10 rings (SSSR count). The number of likely N-dealkylation sites (N-methyl/N-ethyl adjacent to an activating group) is 2. The number of hydrogen-bond donors (Lipinski definition) is 6. The number of H-pyrrole nitrogens is 2. The van der Waals surface area contributed by atoms with E-state index in [0.717, 1.165) is 62.4 Å². The number of thiophene rings is 1. The van der Waals surface area contributed by atoms with Crippen LogP contribution in [-0.4, -0.2) is 167 Å². The van der Waals surface area contributed by atoms with Crippen molar-refractivity contribution in [3.05, 3.63) is 124 Å². The van der Waals surface area contributed by atoms with Crippen molar-refractivity contribution < 1.29 is 62.2 Å². The fraction of sp³-hybridized carbons (Fsp3) is 0.417. The minimum absolute atomic E-state index is 0.0685. The number of unbranched alkanes of at least 4 members (excludes halogenated alkanes) is 3. The van der Waals surface area contributed by atoms with E-state index in [0.29, 0.717) is 83.6 Å². The molecular weight excluding hydrogens is 1290 g/mol. The number of ether oxygens (including phenoxy) is 3.